The molecule has 6 nitrogen and oxygen atoms in total. The van der Waals surface area contributed by atoms with E-state index in [1.165, 1.54) is 0 Å². The van der Waals surface area contributed by atoms with Gasteiger partial charge in [0.1, 0.15) is 5.75 Å². The largest absolute Gasteiger partial charge is 0.496 e. The van der Waals surface area contributed by atoms with Gasteiger partial charge in [0, 0.05) is 23.7 Å². The number of aromatic nitrogens is 2. The van der Waals surface area contributed by atoms with E-state index in [1.54, 1.807) is 19.2 Å². The molecule has 27 heavy (non-hydrogen) atoms. The van der Waals surface area contributed by atoms with E-state index in [9.17, 15) is 9.59 Å². The van der Waals surface area contributed by atoms with Crippen LogP contribution in [0.5, 0.6) is 5.75 Å². The lowest BCUT2D eigenvalue weighted by Crippen LogP contribution is -2.23. The number of amides is 1. The fraction of sp³-hybridized carbons (Fsp3) is 0.333. The van der Waals surface area contributed by atoms with Gasteiger partial charge in [-0.2, -0.15) is 0 Å². The Bertz CT molecular complexity index is 1030. The number of methoxy groups -OCH3 is 1. The number of fused-ring (bicyclic) bond motifs is 1. The predicted octanol–water partition coefficient (Wildman–Crippen LogP) is 3.38. The Morgan fingerprint density at radius 1 is 1.22 bits per heavy atom. The summed E-state index contributed by atoms with van der Waals surface area (Å²) in [5.41, 5.74) is 2.92. The highest BCUT2D eigenvalue weighted by Crippen LogP contribution is 2.30. The second-order valence-corrected chi connectivity index (χ2v) is 6.96. The molecule has 4 rings (SSSR count). The van der Waals surface area contributed by atoms with Gasteiger partial charge in [-0.3, -0.25) is 9.36 Å². The Hall–Kier alpha value is -3.02. The van der Waals surface area contributed by atoms with E-state index in [4.69, 9.17) is 4.74 Å². The minimum absolute atomic E-state index is 0.0940. The molecule has 3 aromatic rings. The normalized spacial score (nSPS) is 14.6. The van der Waals surface area contributed by atoms with Crippen LogP contribution in [0.3, 0.4) is 0 Å². The number of aromatic amines is 1. The second kappa shape index (κ2) is 7.31. The summed E-state index contributed by atoms with van der Waals surface area (Å²) in [6, 6.07) is 13.2. The van der Waals surface area contributed by atoms with Crippen molar-refractivity contribution < 1.29 is 9.53 Å². The molecule has 0 atom stereocenters. The highest BCUT2D eigenvalue weighted by Gasteiger charge is 2.21. The Morgan fingerprint density at radius 3 is 2.78 bits per heavy atom. The zero-order valence-electron chi connectivity index (χ0n) is 15.3. The smallest absolute Gasteiger partial charge is 0.326 e. The van der Waals surface area contributed by atoms with Gasteiger partial charge in [0.05, 0.1) is 18.1 Å². The van der Waals surface area contributed by atoms with Crippen LogP contribution in [0.25, 0.3) is 11.0 Å². The van der Waals surface area contributed by atoms with Gasteiger partial charge < -0.3 is 15.0 Å². The van der Waals surface area contributed by atoms with E-state index in [0.717, 1.165) is 42.5 Å². The van der Waals surface area contributed by atoms with Crippen molar-refractivity contribution in [2.45, 2.75) is 38.3 Å². The molecule has 0 unspecified atom stereocenters. The predicted molar refractivity (Wildman–Crippen MR) is 104 cm³/mol. The average Bonchev–Trinajstić information content (AvgIpc) is 3.32. The molecular formula is C21H23N3O3. The van der Waals surface area contributed by atoms with Crippen LogP contribution in [0.15, 0.2) is 47.3 Å². The van der Waals surface area contributed by atoms with Gasteiger partial charge in [0.25, 0.3) is 5.91 Å². The first kappa shape index (κ1) is 17.4. The van der Waals surface area contributed by atoms with Crippen molar-refractivity contribution in [2.24, 2.45) is 0 Å². The van der Waals surface area contributed by atoms with Crippen molar-refractivity contribution in [1.29, 1.82) is 0 Å². The molecule has 6 heteroatoms. The van der Waals surface area contributed by atoms with Crippen LogP contribution in [-0.4, -0.2) is 22.6 Å². The number of imidazole rings is 1. The minimum Gasteiger partial charge on any atom is -0.496 e. The van der Waals surface area contributed by atoms with Crippen molar-refractivity contribution in [3.63, 3.8) is 0 Å². The van der Waals surface area contributed by atoms with Crippen LogP contribution < -0.4 is 15.7 Å². The number of nitrogens with one attached hydrogen (secondary N) is 2. The molecule has 0 spiro atoms. The third-order valence-electron chi connectivity index (χ3n) is 5.30. The van der Waals surface area contributed by atoms with E-state index < -0.39 is 0 Å². The number of H-pyrrole nitrogens is 1. The summed E-state index contributed by atoms with van der Waals surface area (Å²) < 4.78 is 7.16. The lowest BCUT2D eigenvalue weighted by Gasteiger charge is -2.12. The minimum atomic E-state index is -0.183. The standard InChI is InChI=1S/C21H23N3O3/c1-27-19-9-5-2-6-15(19)13-22-20(25)14-10-11-18-17(12-14)23-21(26)24(18)16-7-3-4-8-16/h2,5-6,9-12,16H,3-4,7-8,13H2,1H3,(H,22,25)(H,23,26). The molecule has 1 amide bonds. The third-order valence-corrected chi connectivity index (χ3v) is 5.30. The maximum atomic E-state index is 12.6. The molecule has 1 aliphatic rings. The quantitative estimate of drug-likeness (QED) is 0.728. The number of benzene rings is 2. The first-order valence-corrected chi connectivity index (χ1v) is 9.32. The molecule has 2 aromatic carbocycles. The number of nitrogens with zero attached hydrogens (tertiary/aromatic N) is 1. The van der Waals surface area contributed by atoms with Crippen molar-refractivity contribution >= 4 is 16.9 Å². The van der Waals surface area contributed by atoms with Gasteiger partial charge in [-0.25, -0.2) is 4.79 Å². The molecule has 0 saturated heterocycles. The topological polar surface area (TPSA) is 76.1 Å². The van der Waals surface area contributed by atoms with E-state index in [2.05, 4.69) is 10.3 Å². The second-order valence-electron chi connectivity index (χ2n) is 6.96. The van der Waals surface area contributed by atoms with Crippen LogP contribution in [0, 0.1) is 0 Å². The fourth-order valence-corrected chi connectivity index (χ4v) is 3.92. The molecule has 0 bridgehead atoms. The highest BCUT2D eigenvalue weighted by molar-refractivity contribution is 5.97. The zero-order valence-corrected chi connectivity index (χ0v) is 15.3. The summed E-state index contributed by atoms with van der Waals surface area (Å²) in [6.45, 7) is 0.375. The Morgan fingerprint density at radius 2 is 2.00 bits per heavy atom. The number of rotatable bonds is 5. The zero-order chi connectivity index (χ0) is 18.8. The summed E-state index contributed by atoms with van der Waals surface area (Å²) in [4.78, 5) is 27.8. The summed E-state index contributed by atoms with van der Waals surface area (Å²) in [5, 5.41) is 2.91. The summed E-state index contributed by atoms with van der Waals surface area (Å²) in [6.07, 6.45) is 4.39. The molecular weight excluding hydrogens is 342 g/mol. The van der Waals surface area contributed by atoms with E-state index in [1.807, 2.05) is 34.9 Å². The van der Waals surface area contributed by atoms with Crippen LogP contribution in [0.4, 0.5) is 0 Å². The number of ether oxygens (including phenoxy) is 1. The number of carbonyl (C=O) groups excluding carboxylic acids is 1. The van der Waals surface area contributed by atoms with Crippen LogP contribution in [0.2, 0.25) is 0 Å². The Balaban J connectivity index is 1.55. The Kier molecular flexibility index (Phi) is 4.71. The van der Waals surface area contributed by atoms with Gasteiger partial charge >= 0.3 is 5.69 Å². The van der Waals surface area contributed by atoms with Crippen LogP contribution >= 0.6 is 0 Å². The van der Waals surface area contributed by atoms with E-state index in [0.29, 0.717) is 17.6 Å². The van der Waals surface area contributed by atoms with Gasteiger partial charge in [-0.15, -0.1) is 0 Å². The van der Waals surface area contributed by atoms with E-state index in [-0.39, 0.29) is 17.6 Å². The fourth-order valence-electron chi connectivity index (χ4n) is 3.92. The number of carbonyl (C=O) groups is 1. The highest BCUT2D eigenvalue weighted by atomic mass is 16.5. The third kappa shape index (κ3) is 3.35. The molecule has 2 N–H and O–H groups in total. The maximum Gasteiger partial charge on any atom is 0.326 e. The summed E-state index contributed by atoms with van der Waals surface area (Å²) in [7, 11) is 1.61. The van der Waals surface area contributed by atoms with Gasteiger partial charge in [0.2, 0.25) is 0 Å². The maximum absolute atomic E-state index is 12.6. The molecule has 1 saturated carbocycles. The first-order chi connectivity index (χ1) is 13.2. The molecule has 0 aliphatic heterocycles. The monoisotopic (exact) mass is 365 g/mol. The number of hydrogen-bond acceptors (Lipinski definition) is 3. The molecule has 1 aromatic heterocycles. The lowest BCUT2D eigenvalue weighted by molar-refractivity contribution is 0.0951. The molecule has 1 heterocycles. The van der Waals surface area contributed by atoms with Crippen molar-refractivity contribution in [1.82, 2.24) is 14.9 Å². The van der Waals surface area contributed by atoms with Crippen molar-refractivity contribution in [3.8, 4) is 5.75 Å². The summed E-state index contributed by atoms with van der Waals surface area (Å²) >= 11 is 0. The van der Waals surface area contributed by atoms with Crippen molar-refractivity contribution in [2.75, 3.05) is 7.11 Å². The van der Waals surface area contributed by atoms with Gasteiger partial charge in [-0.05, 0) is 37.1 Å². The van der Waals surface area contributed by atoms with E-state index >= 15 is 0 Å². The average molecular weight is 365 g/mol. The molecule has 140 valence electrons. The lowest BCUT2D eigenvalue weighted by atomic mass is 10.1. The van der Waals surface area contributed by atoms with Gasteiger partial charge in [-0.1, -0.05) is 31.0 Å². The molecule has 1 fully saturated rings. The number of hydrogen-bond donors (Lipinski definition) is 2. The number of para-hydroxylation sites is 1. The van der Waals surface area contributed by atoms with Gasteiger partial charge in [0.15, 0.2) is 0 Å². The first-order valence-electron chi connectivity index (χ1n) is 9.32. The Labute approximate surface area is 157 Å². The van der Waals surface area contributed by atoms with Crippen molar-refractivity contribution in [3.05, 3.63) is 64.1 Å². The van der Waals surface area contributed by atoms with Crippen LogP contribution in [-0.2, 0) is 6.54 Å². The van der Waals surface area contributed by atoms with Crippen LogP contribution in [0.1, 0.15) is 47.6 Å². The molecule has 0 radical (unpaired) electrons. The molecule has 1 aliphatic carbocycles. The SMILES string of the molecule is COc1ccccc1CNC(=O)c1ccc2c(c1)[nH]c(=O)n2C1CCCC1. The summed E-state index contributed by atoms with van der Waals surface area (Å²) in [5.74, 6) is 0.559.